The van der Waals surface area contributed by atoms with Crippen molar-refractivity contribution in [1.82, 2.24) is 5.32 Å². The Morgan fingerprint density at radius 3 is 2.31 bits per heavy atom. The summed E-state index contributed by atoms with van der Waals surface area (Å²) in [6.07, 6.45) is 0.197. The van der Waals surface area contributed by atoms with Crippen LogP contribution in [0, 0.1) is 11.8 Å². The Bertz CT molecular complexity index is 163. The molecule has 3 nitrogen and oxygen atoms in total. The number of nitrogens with one attached hydrogen (secondary N) is 1. The lowest BCUT2D eigenvalue weighted by molar-refractivity contribution is -0.128. The maximum atomic E-state index is 9.11. The molecule has 1 saturated heterocycles. The molecule has 5 atom stereocenters. The lowest BCUT2D eigenvalue weighted by atomic mass is 9.80. The Labute approximate surface area is 80.5 Å². The number of aliphatic hydroxyl groups is 1. The zero-order valence-corrected chi connectivity index (χ0v) is 8.95. The third-order valence-electron chi connectivity index (χ3n) is 3.39. The van der Waals surface area contributed by atoms with E-state index < -0.39 is 0 Å². The number of hydrogen-bond donors (Lipinski definition) is 2. The van der Waals surface area contributed by atoms with E-state index in [1.54, 1.807) is 0 Å². The first-order valence-corrected chi connectivity index (χ1v) is 5.05. The summed E-state index contributed by atoms with van der Waals surface area (Å²) in [4.78, 5) is 0. The molecule has 78 valence electrons. The third-order valence-corrected chi connectivity index (χ3v) is 3.39. The molecule has 13 heavy (non-hydrogen) atoms. The molecular formula is C10H21NO2. The second-order valence-electron chi connectivity index (χ2n) is 4.09. The van der Waals surface area contributed by atoms with Crippen LogP contribution in [0.5, 0.6) is 0 Å². The summed E-state index contributed by atoms with van der Waals surface area (Å²) < 4.78 is 5.71. The van der Waals surface area contributed by atoms with Crippen LogP contribution in [0.2, 0.25) is 0 Å². The van der Waals surface area contributed by atoms with Gasteiger partial charge in [0.2, 0.25) is 0 Å². The van der Waals surface area contributed by atoms with Crippen LogP contribution in [0.25, 0.3) is 0 Å². The van der Waals surface area contributed by atoms with Gasteiger partial charge in [-0.1, -0.05) is 13.8 Å². The highest BCUT2D eigenvalue weighted by molar-refractivity contribution is 4.89. The molecule has 1 aliphatic rings. The summed E-state index contributed by atoms with van der Waals surface area (Å²) in [5.41, 5.74) is 0. The zero-order chi connectivity index (χ0) is 10.0. The van der Waals surface area contributed by atoms with E-state index in [0.717, 1.165) is 0 Å². The highest BCUT2D eigenvalue weighted by Crippen LogP contribution is 2.29. The average molecular weight is 187 g/mol. The Morgan fingerprint density at radius 1 is 1.23 bits per heavy atom. The van der Waals surface area contributed by atoms with Gasteiger partial charge in [0.05, 0.1) is 18.8 Å². The first-order chi connectivity index (χ1) is 6.11. The lowest BCUT2D eigenvalue weighted by Gasteiger charge is -2.43. The summed E-state index contributed by atoms with van der Waals surface area (Å²) in [6.45, 7) is 6.55. The summed E-state index contributed by atoms with van der Waals surface area (Å²) in [5, 5.41) is 12.4. The predicted octanol–water partition coefficient (Wildman–Crippen LogP) is 0.626. The fourth-order valence-corrected chi connectivity index (χ4v) is 2.28. The van der Waals surface area contributed by atoms with E-state index in [4.69, 9.17) is 9.84 Å². The van der Waals surface area contributed by atoms with Gasteiger partial charge in [-0.25, -0.2) is 0 Å². The largest absolute Gasteiger partial charge is 0.394 e. The minimum absolute atomic E-state index is 0.00889. The molecule has 0 radical (unpaired) electrons. The Morgan fingerprint density at radius 2 is 1.85 bits per heavy atom. The first-order valence-electron chi connectivity index (χ1n) is 5.05. The molecule has 3 heteroatoms. The van der Waals surface area contributed by atoms with E-state index in [2.05, 4.69) is 26.1 Å². The normalized spacial score (nSPS) is 46.4. The maximum Gasteiger partial charge on any atom is 0.0838 e. The smallest absolute Gasteiger partial charge is 0.0838 e. The molecule has 0 aromatic heterocycles. The molecule has 0 bridgehead atoms. The second-order valence-corrected chi connectivity index (χ2v) is 4.09. The van der Waals surface area contributed by atoms with Crippen LogP contribution in [0.15, 0.2) is 0 Å². The predicted molar refractivity (Wildman–Crippen MR) is 52.6 cm³/mol. The SMILES string of the molecule is CNC1[C@H](C)OC(CO)[C@@H](C)[C@@H]1C. The van der Waals surface area contributed by atoms with Gasteiger partial charge in [0.15, 0.2) is 0 Å². The van der Waals surface area contributed by atoms with E-state index in [-0.39, 0.29) is 18.8 Å². The topological polar surface area (TPSA) is 41.5 Å². The standard InChI is InChI=1S/C10H21NO2/c1-6-7(2)10(11-4)8(3)13-9(6)5-12/h6-12H,5H2,1-4H3/t6-,7-,8-,9?,10?/m0/s1. The van der Waals surface area contributed by atoms with Crippen LogP contribution >= 0.6 is 0 Å². The molecule has 0 spiro atoms. The summed E-state index contributed by atoms with van der Waals surface area (Å²) >= 11 is 0. The Hall–Kier alpha value is -0.120. The van der Waals surface area contributed by atoms with Crippen LogP contribution in [-0.4, -0.2) is 37.0 Å². The van der Waals surface area contributed by atoms with Crippen molar-refractivity contribution in [2.75, 3.05) is 13.7 Å². The number of rotatable bonds is 2. The first kappa shape index (κ1) is 11.0. The minimum atomic E-state index is 0.00889. The van der Waals surface area contributed by atoms with E-state index in [9.17, 15) is 0 Å². The number of hydrogen-bond acceptors (Lipinski definition) is 3. The quantitative estimate of drug-likeness (QED) is 0.666. The van der Waals surface area contributed by atoms with Gasteiger partial charge in [-0.3, -0.25) is 0 Å². The van der Waals surface area contributed by atoms with Gasteiger partial charge in [-0.2, -0.15) is 0 Å². The molecular weight excluding hydrogens is 166 g/mol. The number of aliphatic hydroxyl groups excluding tert-OH is 1. The van der Waals surface area contributed by atoms with Gasteiger partial charge in [0.25, 0.3) is 0 Å². The van der Waals surface area contributed by atoms with E-state index in [1.165, 1.54) is 0 Å². The van der Waals surface area contributed by atoms with Gasteiger partial charge in [0, 0.05) is 6.04 Å². The average Bonchev–Trinajstić information content (AvgIpc) is 2.12. The van der Waals surface area contributed by atoms with Crippen molar-refractivity contribution < 1.29 is 9.84 Å². The minimum Gasteiger partial charge on any atom is -0.394 e. The van der Waals surface area contributed by atoms with Crippen molar-refractivity contribution in [2.24, 2.45) is 11.8 Å². The fourth-order valence-electron chi connectivity index (χ4n) is 2.28. The van der Waals surface area contributed by atoms with Gasteiger partial charge in [-0.15, -0.1) is 0 Å². The van der Waals surface area contributed by atoms with Crippen molar-refractivity contribution in [3.8, 4) is 0 Å². The molecule has 2 unspecified atom stereocenters. The van der Waals surface area contributed by atoms with Crippen molar-refractivity contribution >= 4 is 0 Å². The number of ether oxygens (including phenoxy) is 1. The van der Waals surface area contributed by atoms with E-state index in [0.29, 0.717) is 17.9 Å². The second kappa shape index (κ2) is 4.40. The Balaban J connectivity index is 2.66. The van der Waals surface area contributed by atoms with E-state index in [1.807, 2.05) is 7.05 Å². The van der Waals surface area contributed by atoms with Gasteiger partial charge in [0.1, 0.15) is 0 Å². The molecule has 1 fully saturated rings. The third kappa shape index (κ3) is 2.03. The molecule has 0 saturated carbocycles. The van der Waals surface area contributed by atoms with Crippen LogP contribution < -0.4 is 5.32 Å². The molecule has 2 N–H and O–H groups in total. The van der Waals surface area contributed by atoms with Crippen molar-refractivity contribution in [1.29, 1.82) is 0 Å². The van der Waals surface area contributed by atoms with Crippen molar-refractivity contribution in [2.45, 2.75) is 39.0 Å². The van der Waals surface area contributed by atoms with Gasteiger partial charge >= 0.3 is 0 Å². The van der Waals surface area contributed by atoms with Gasteiger partial charge < -0.3 is 15.2 Å². The molecule has 1 rings (SSSR count). The van der Waals surface area contributed by atoms with Crippen LogP contribution in [-0.2, 0) is 4.74 Å². The van der Waals surface area contributed by atoms with Crippen LogP contribution in [0.1, 0.15) is 20.8 Å². The number of likely N-dealkylation sites (N-methyl/N-ethyl adjacent to an activating group) is 1. The van der Waals surface area contributed by atoms with Crippen LogP contribution in [0.3, 0.4) is 0 Å². The highest BCUT2D eigenvalue weighted by atomic mass is 16.5. The van der Waals surface area contributed by atoms with Crippen molar-refractivity contribution in [3.05, 3.63) is 0 Å². The zero-order valence-electron chi connectivity index (χ0n) is 8.95. The fraction of sp³-hybridized carbons (Fsp3) is 1.00. The van der Waals surface area contributed by atoms with E-state index >= 15 is 0 Å². The molecule has 1 aliphatic heterocycles. The summed E-state index contributed by atoms with van der Waals surface area (Å²) in [6, 6.07) is 0.401. The molecule has 1 heterocycles. The lowest BCUT2D eigenvalue weighted by Crippen LogP contribution is -2.54. The maximum absolute atomic E-state index is 9.11. The summed E-state index contributed by atoms with van der Waals surface area (Å²) in [7, 11) is 1.97. The van der Waals surface area contributed by atoms with Gasteiger partial charge in [-0.05, 0) is 25.8 Å². The monoisotopic (exact) mass is 187 g/mol. The Kier molecular flexibility index (Phi) is 3.71. The molecule has 0 aliphatic carbocycles. The molecule has 0 aromatic carbocycles. The van der Waals surface area contributed by atoms with Crippen molar-refractivity contribution in [3.63, 3.8) is 0 Å². The molecule has 0 amide bonds. The summed E-state index contributed by atoms with van der Waals surface area (Å²) in [5.74, 6) is 0.963. The highest BCUT2D eigenvalue weighted by Gasteiger charge is 2.37. The van der Waals surface area contributed by atoms with Crippen LogP contribution in [0.4, 0.5) is 0 Å². The molecule has 0 aromatic rings.